The first-order chi connectivity index (χ1) is 14.2. The van der Waals surface area contributed by atoms with E-state index in [0.29, 0.717) is 44.8 Å². The summed E-state index contributed by atoms with van der Waals surface area (Å²) in [6.07, 6.45) is 2.90. The van der Waals surface area contributed by atoms with E-state index >= 15 is 0 Å². The maximum atomic E-state index is 12.8. The molecule has 0 aliphatic carbocycles. The number of carbonyl (C=O) groups excluding carboxylic acids is 2. The average Bonchev–Trinajstić information content (AvgIpc) is 3.36. The molecule has 29 heavy (non-hydrogen) atoms. The predicted octanol–water partition coefficient (Wildman–Crippen LogP) is 2.32. The van der Waals surface area contributed by atoms with Gasteiger partial charge >= 0.3 is 0 Å². The van der Waals surface area contributed by atoms with Gasteiger partial charge in [-0.25, -0.2) is 4.98 Å². The van der Waals surface area contributed by atoms with E-state index in [2.05, 4.69) is 10.3 Å². The molecular formula is C21H24N4O3S. The van der Waals surface area contributed by atoms with Crippen LogP contribution >= 0.6 is 11.3 Å². The molecule has 8 heteroatoms. The molecule has 1 aliphatic heterocycles. The van der Waals surface area contributed by atoms with Crippen molar-refractivity contribution in [2.45, 2.75) is 25.4 Å². The Morgan fingerprint density at radius 2 is 2.17 bits per heavy atom. The van der Waals surface area contributed by atoms with E-state index in [4.69, 9.17) is 4.74 Å². The number of fused-ring (bicyclic) bond motifs is 2. The molecule has 0 saturated carbocycles. The molecular weight excluding hydrogens is 388 g/mol. The lowest BCUT2D eigenvalue weighted by atomic mass is 10.1. The number of amides is 2. The number of ether oxygens (including phenoxy) is 1. The van der Waals surface area contributed by atoms with E-state index in [1.165, 1.54) is 0 Å². The van der Waals surface area contributed by atoms with Gasteiger partial charge < -0.3 is 19.5 Å². The molecule has 1 N–H and O–H groups in total. The summed E-state index contributed by atoms with van der Waals surface area (Å²) >= 11 is 1.63. The summed E-state index contributed by atoms with van der Waals surface area (Å²) in [5.74, 6) is -0.0475. The van der Waals surface area contributed by atoms with Crippen molar-refractivity contribution < 1.29 is 14.3 Å². The van der Waals surface area contributed by atoms with Gasteiger partial charge in [0.2, 0.25) is 5.91 Å². The van der Waals surface area contributed by atoms with Crippen LogP contribution in [-0.4, -0.2) is 59.1 Å². The first-order valence-corrected chi connectivity index (χ1v) is 10.5. The van der Waals surface area contributed by atoms with Gasteiger partial charge in [0.05, 0.1) is 27.9 Å². The van der Waals surface area contributed by atoms with Gasteiger partial charge in [-0.1, -0.05) is 12.1 Å². The van der Waals surface area contributed by atoms with E-state index in [9.17, 15) is 9.59 Å². The molecule has 3 heterocycles. The summed E-state index contributed by atoms with van der Waals surface area (Å²) in [6, 6.07) is 11.6. The van der Waals surface area contributed by atoms with Crippen LogP contribution in [0.2, 0.25) is 0 Å². The Morgan fingerprint density at radius 1 is 1.31 bits per heavy atom. The summed E-state index contributed by atoms with van der Waals surface area (Å²) in [6.45, 7) is 2.06. The van der Waals surface area contributed by atoms with E-state index in [1.807, 2.05) is 47.2 Å². The van der Waals surface area contributed by atoms with Gasteiger partial charge in [-0.05, 0) is 24.3 Å². The standard InChI is InChI=1S/C21H24N4O3S/c1-28-12-11-25-15(14-24-10-4-6-17(24)21(25)27)13-22-19(26)8-9-20-23-16-5-2-3-7-18(16)29-20/h2-7,10,15H,8-9,11-14H2,1H3,(H,22,26). The molecule has 152 valence electrons. The first kappa shape index (κ1) is 19.6. The second kappa shape index (κ2) is 8.75. The van der Waals surface area contributed by atoms with Crippen LogP contribution in [0.4, 0.5) is 0 Å². The Morgan fingerprint density at radius 3 is 3.00 bits per heavy atom. The van der Waals surface area contributed by atoms with Gasteiger partial charge in [0.15, 0.2) is 0 Å². The number of nitrogens with zero attached hydrogens (tertiary/aromatic N) is 3. The zero-order valence-electron chi connectivity index (χ0n) is 16.3. The Bertz CT molecular complexity index is 979. The van der Waals surface area contributed by atoms with Crippen molar-refractivity contribution in [3.63, 3.8) is 0 Å². The van der Waals surface area contributed by atoms with Crippen molar-refractivity contribution in [1.82, 2.24) is 19.8 Å². The third-order valence-corrected chi connectivity index (χ3v) is 6.23. The van der Waals surface area contributed by atoms with E-state index in [0.717, 1.165) is 15.2 Å². The Labute approximate surface area is 173 Å². The summed E-state index contributed by atoms with van der Waals surface area (Å²) in [4.78, 5) is 31.5. The highest BCUT2D eigenvalue weighted by Crippen LogP contribution is 2.22. The second-order valence-electron chi connectivity index (χ2n) is 7.07. The van der Waals surface area contributed by atoms with E-state index in [-0.39, 0.29) is 17.9 Å². The van der Waals surface area contributed by atoms with E-state index < -0.39 is 0 Å². The molecule has 0 spiro atoms. The number of benzene rings is 1. The highest BCUT2D eigenvalue weighted by atomic mass is 32.1. The minimum Gasteiger partial charge on any atom is -0.383 e. The Kier molecular flexibility index (Phi) is 5.92. The minimum atomic E-state index is -0.0936. The molecule has 0 fully saturated rings. The number of rotatable bonds is 8. The number of carbonyl (C=O) groups is 2. The van der Waals surface area contributed by atoms with Gasteiger partial charge in [0.1, 0.15) is 5.69 Å². The summed E-state index contributed by atoms with van der Waals surface area (Å²) in [7, 11) is 1.62. The monoisotopic (exact) mass is 412 g/mol. The van der Waals surface area contributed by atoms with Crippen LogP contribution in [0.25, 0.3) is 10.2 Å². The van der Waals surface area contributed by atoms with Crippen molar-refractivity contribution in [3.8, 4) is 0 Å². The lowest BCUT2D eigenvalue weighted by molar-refractivity contribution is -0.121. The van der Waals surface area contributed by atoms with Crippen LogP contribution in [0, 0.1) is 0 Å². The van der Waals surface area contributed by atoms with Crippen molar-refractivity contribution in [3.05, 3.63) is 53.3 Å². The van der Waals surface area contributed by atoms with Gasteiger partial charge in [-0.2, -0.15) is 0 Å². The predicted molar refractivity (Wildman–Crippen MR) is 112 cm³/mol. The number of methoxy groups -OCH3 is 1. The molecule has 0 radical (unpaired) electrons. The molecule has 7 nitrogen and oxygen atoms in total. The van der Waals surface area contributed by atoms with Gasteiger partial charge in [0, 0.05) is 45.8 Å². The maximum absolute atomic E-state index is 12.8. The zero-order chi connectivity index (χ0) is 20.2. The SMILES string of the molecule is COCCN1C(=O)c2cccn2CC1CNC(=O)CCc1nc2ccccc2s1. The number of aromatic nitrogens is 2. The highest BCUT2D eigenvalue weighted by Gasteiger charge is 2.31. The van der Waals surface area contributed by atoms with Crippen molar-refractivity contribution in [2.24, 2.45) is 0 Å². The summed E-state index contributed by atoms with van der Waals surface area (Å²) in [5.41, 5.74) is 1.66. The van der Waals surface area contributed by atoms with Crippen LogP contribution in [0.15, 0.2) is 42.6 Å². The average molecular weight is 413 g/mol. The molecule has 2 aromatic heterocycles. The zero-order valence-corrected chi connectivity index (χ0v) is 17.2. The molecule has 3 aromatic rings. The van der Waals surface area contributed by atoms with Crippen LogP contribution in [0.1, 0.15) is 21.9 Å². The van der Waals surface area contributed by atoms with Gasteiger partial charge in [0.25, 0.3) is 5.91 Å². The molecule has 0 bridgehead atoms. The second-order valence-corrected chi connectivity index (χ2v) is 8.19. The highest BCUT2D eigenvalue weighted by molar-refractivity contribution is 7.18. The number of para-hydroxylation sites is 1. The van der Waals surface area contributed by atoms with Crippen LogP contribution in [0.5, 0.6) is 0 Å². The van der Waals surface area contributed by atoms with Crippen molar-refractivity contribution in [2.75, 3.05) is 26.8 Å². The summed E-state index contributed by atoms with van der Waals surface area (Å²) < 4.78 is 8.24. The molecule has 2 amide bonds. The van der Waals surface area contributed by atoms with Crippen LogP contribution in [-0.2, 0) is 22.5 Å². The largest absolute Gasteiger partial charge is 0.383 e. The van der Waals surface area contributed by atoms with Crippen molar-refractivity contribution in [1.29, 1.82) is 0 Å². The van der Waals surface area contributed by atoms with Crippen LogP contribution < -0.4 is 5.32 Å². The number of aryl methyl sites for hydroxylation is 1. The third kappa shape index (κ3) is 4.33. The molecule has 4 rings (SSSR count). The number of hydrogen-bond acceptors (Lipinski definition) is 5. The Balaban J connectivity index is 1.34. The lowest BCUT2D eigenvalue weighted by Gasteiger charge is -2.36. The molecule has 1 atom stereocenters. The fourth-order valence-corrected chi connectivity index (χ4v) is 4.59. The normalized spacial score (nSPS) is 16.2. The lowest BCUT2D eigenvalue weighted by Crippen LogP contribution is -2.53. The number of nitrogens with one attached hydrogen (secondary N) is 1. The maximum Gasteiger partial charge on any atom is 0.270 e. The molecule has 1 aliphatic rings. The van der Waals surface area contributed by atoms with Crippen LogP contribution in [0.3, 0.4) is 0 Å². The quantitative estimate of drug-likeness (QED) is 0.616. The first-order valence-electron chi connectivity index (χ1n) is 9.72. The molecule has 1 unspecified atom stereocenters. The fraction of sp³-hybridized carbons (Fsp3) is 0.381. The third-order valence-electron chi connectivity index (χ3n) is 5.13. The number of thiazole rings is 1. The van der Waals surface area contributed by atoms with Gasteiger partial charge in [-0.15, -0.1) is 11.3 Å². The fourth-order valence-electron chi connectivity index (χ4n) is 3.62. The van der Waals surface area contributed by atoms with E-state index in [1.54, 1.807) is 23.3 Å². The topological polar surface area (TPSA) is 76.5 Å². The minimum absolute atomic E-state index is 0.0213. The molecule has 0 saturated heterocycles. The van der Waals surface area contributed by atoms with Crippen molar-refractivity contribution >= 4 is 33.4 Å². The number of hydrogen-bond donors (Lipinski definition) is 1. The Hall–Kier alpha value is -2.71. The van der Waals surface area contributed by atoms with Gasteiger partial charge in [-0.3, -0.25) is 9.59 Å². The summed E-state index contributed by atoms with van der Waals surface area (Å²) in [5, 5.41) is 3.96. The smallest absolute Gasteiger partial charge is 0.270 e. The molecule has 1 aromatic carbocycles.